The van der Waals surface area contributed by atoms with Gasteiger partial charge in [-0.1, -0.05) is 11.6 Å². The molecule has 2 bridgehead atoms. The van der Waals surface area contributed by atoms with Gasteiger partial charge in [-0.25, -0.2) is 4.79 Å². The number of fused-ring (bicyclic) bond motifs is 2. The summed E-state index contributed by atoms with van der Waals surface area (Å²) < 4.78 is 0. The molecule has 18 heavy (non-hydrogen) atoms. The summed E-state index contributed by atoms with van der Waals surface area (Å²) in [6.45, 7) is 0. The zero-order chi connectivity index (χ0) is 12.6. The number of halogens is 1. The molecule has 1 heterocycles. The Bertz CT molecular complexity index is 469. The van der Waals surface area contributed by atoms with Gasteiger partial charge in [-0.3, -0.25) is 4.98 Å². The summed E-state index contributed by atoms with van der Waals surface area (Å²) in [6.07, 6.45) is 8.99. The smallest absolute Gasteiger partial charge is 0.319 e. The highest BCUT2D eigenvalue weighted by Gasteiger charge is 2.45. The van der Waals surface area contributed by atoms with Crippen molar-refractivity contribution in [3.63, 3.8) is 0 Å². The fourth-order valence-corrected chi connectivity index (χ4v) is 3.42. The lowest BCUT2D eigenvalue weighted by molar-refractivity contribution is 0.236. The third-order valence-electron chi connectivity index (χ3n) is 4.08. The maximum Gasteiger partial charge on any atom is 0.319 e. The van der Waals surface area contributed by atoms with Crippen molar-refractivity contribution in [2.75, 3.05) is 5.32 Å². The SMILES string of the molecule is O=C(Nc1cncc(Cl)c1)NC12CCC(CC1)C2. The molecule has 2 aliphatic rings. The summed E-state index contributed by atoms with van der Waals surface area (Å²) in [5.74, 6) is 0.818. The Balaban J connectivity index is 1.62. The Kier molecular flexibility index (Phi) is 2.90. The van der Waals surface area contributed by atoms with E-state index >= 15 is 0 Å². The lowest BCUT2D eigenvalue weighted by Gasteiger charge is -2.27. The molecule has 0 aliphatic heterocycles. The first-order chi connectivity index (χ1) is 8.65. The Morgan fingerprint density at radius 3 is 2.78 bits per heavy atom. The molecule has 2 fully saturated rings. The van der Waals surface area contributed by atoms with Gasteiger partial charge < -0.3 is 10.6 Å². The van der Waals surface area contributed by atoms with Gasteiger partial charge in [0.1, 0.15) is 0 Å². The number of hydrogen-bond acceptors (Lipinski definition) is 2. The van der Waals surface area contributed by atoms with Gasteiger partial charge in [-0.2, -0.15) is 0 Å². The molecular formula is C13H16ClN3O. The summed E-state index contributed by atoms with van der Waals surface area (Å²) in [6, 6.07) is 1.54. The average molecular weight is 266 g/mol. The second-order valence-electron chi connectivity index (χ2n) is 5.40. The summed E-state index contributed by atoms with van der Waals surface area (Å²) in [7, 11) is 0. The van der Waals surface area contributed by atoms with E-state index in [0.29, 0.717) is 10.7 Å². The van der Waals surface area contributed by atoms with Crippen molar-refractivity contribution in [1.82, 2.24) is 10.3 Å². The molecule has 5 heteroatoms. The van der Waals surface area contributed by atoms with Crippen LogP contribution >= 0.6 is 11.6 Å². The largest absolute Gasteiger partial charge is 0.332 e. The zero-order valence-electron chi connectivity index (χ0n) is 10.1. The molecule has 1 aromatic rings. The highest BCUT2D eigenvalue weighted by Crippen LogP contribution is 2.47. The normalized spacial score (nSPS) is 29.3. The lowest BCUT2D eigenvalue weighted by atomic mass is 9.94. The number of pyridine rings is 1. The number of carbonyl (C=O) groups is 1. The number of aromatic nitrogens is 1. The van der Waals surface area contributed by atoms with E-state index < -0.39 is 0 Å². The van der Waals surface area contributed by atoms with E-state index in [4.69, 9.17) is 11.6 Å². The van der Waals surface area contributed by atoms with Crippen LogP contribution in [0, 0.1) is 5.92 Å². The van der Waals surface area contributed by atoms with Crippen LogP contribution in [0.2, 0.25) is 5.02 Å². The van der Waals surface area contributed by atoms with E-state index in [1.54, 1.807) is 18.5 Å². The summed E-state index contributed by atoms with van der Waals surface area (Å²) in [5, 5.41) is 6.44. The Labute approximate surface area is 111 Å². The molecule has 0 unspecified atom stereocenters. The van der Waals surface area contributed by atoms with E-state index in [-0.39, 0.29) is 11.6 Å². The molecule has 2 aliphatic carbocycles. The van der Waals surface area contributed by atoms with Gasteiger partial charge in [0.2, 0.25) is 0 Å². The first-order valence-corrected chi connectivity index (χ1v) is 6.73. The van der Waals surface area contributed by atoms with E-state index in [2.05, 4.69) is 15.6 Å². The molecule has 0 radical (unpaired) electrons. The highest BCUT2D eigenvalue weighted by molar-refractivity contribution is 6.30. The Hall–Kier alpha value is -1.29. The standard InChI is InChI=1S/C13H16ClN3O/c14-10-5-11(8-15-7-10)16-12(18)17-13-3-1-9(6-13)2-4-13/h5,7-9H,1-4,6H2,(H2,16,17,18). The molecule has 0 saturated heterocycles. The van der Waals surface area contributed by atoms with Gasteiger partial charge >= 0.3 is 6.03 Å². The molecule has 2 saturated carbocycles. The topological polar surface area (TPSA) is 54.0 Å². The molecule has 3 rings (SSSR count). The van der Waals surface area contributed by atoms with E-state index in [9.17, 15) is 4.79 Å². The monoisotopic (exact) mass is 265 g/mol. The zero-order valence-corrected chi connectivity index (χ0v) is 10.8. The molecule has 0 spiro atoms. The fraction of sp³-hybridized carbons (Fsp3) is 0.538. The van der Waals surface area contributed by atoms with Gasteiger partial charge in [0, 0.05) is 11.7 Å². The van der Waals surface area contributed by atoms with Crippen molar-refractivity contribution in [3.8, 4) is 0 Å². The molecule has 2 N–H and O–H groups in total. The van der Waals surface area contributed by atoms with Crippen LogP contribution in [0.1, 0.15) is 32.1 Å². The second-order valence-corrected chi connectivity index (χ2v) is 5.84. The Morgan fingerprint density at radius 1 is 1.39 bits per heavy atom. The van der Waals surface area contributed by atoms with Crippen molar-refractivity contribution < 1.29 is 4.79 Å². The number of amides is 2. The minimum absolute atomic E-state index is 0.0424. The summed E-state index contributed by atoms with van der Waals surface area (Å²) >= 11 is 5.83. The molecule has 2 amide bonds. The number of nitrogens with zero attached hydrogens (tertiary/aromatic N) is 1. The van der Waals surface area contributed by atoms with Crippen LogP contribution in [0.4, 0.5) is 10.5 Å². The van der Waals surface area contributed by atoms with Gasteiger partial charge in [0.15, 0.2) is 0 Å². The maximum atomic E-state index is 12.0. The third-order valence-corrected chi connectivity index (χ3v) is 4.29. The van der Waals surface area contributed by atoms with Crippen LogP contribution in [0.15, 0.2) is 18.5 Å². The van der Waals surface area contributed by atoms with Crippen LogP contribution in [0.25, 0.3) is 0 Å². The Morgan fingerprint density at radius 2 is 2.17 bits per heavy atom. The molecule has 0 aromatic carbocycles. The number of rotatable bonds is 2. The average Bonchev–Trinajstić information content (AvgIpc) is 2.88. The van der Waals surface area contributed by atoms with E-state index in [0.717, 1.165) is 25.2 Å². The molecule has 96 valence electrons. The van der Waals surface area contributed by atoms with Crippen molar-refractivity contribution in [3.05, 3.63) is 23.5 Å². The molecular weight excluding hydrogens is 250 g/mol. The minimum atomic E-state index is -0.151. The van der Waals surface area contributed by atoms with Gasteiger partial charge in [-0.05, 0) is 44.1 Å². The maximum absolute atomic E-state index is 12.0. The van der Waals surface area contributed by atoms with Crippen molar-refractivity contribution in [1.29, 1.82) is 0 Å². The number of urea groups is 1. The summed E-state index contributed by atoms with van der Waals surface area (Å²) in [4.78, 5) is 15.9. The molecule has 0 atom stereocenters. The van der Waals surface area contributed by atoms with E-state index in [1.165, 1.54) is 12.8 Å². The summed E-state index contributed by atoms with van der Waals surface area (Å²) in [5.41, 5.74) is 0.671. The molecule has 4 nitrogen and oxygen atoms in total. The fourth-order valence-electron chi connectivity index (χ4n) is 3.25. The predicted molar refractivity (Wildman–Crippen MR) is 70.7 cm³/mol. The number of nitrogens with one attached hydrogen (secondary N) is 2. The third kappa shape index (κ3) is 2.29. The van der Waals surface area contributed by atoms with Crippen LogP contribution in [0.5, 0.6) is 0 Å². The highest BCUT2D eigenvalue weighted by atomic mass is 35.5. The van der Waals surface area contributed by atoms with Crippen molar-refractivity contribution in [2.45, 2.75) is 37.6 Å². The van der Waals surface area contributed by atoms with Crippen LogP contribution < -0.4 is 10.6 Å². The molecule has 1 aromatic heterocycles. The van der Waals surface area contributed by atoms with Gasteiger partial charge in [0.25, 0.3) is 0 Å². The minimum Gasteiger partial charge on any atom is -0.332 e. The van der Waals surface area contributed by atoms with Gasteiger partial charge in [-0.15, -0.1) is 0 Å². The number of hydrogen-bond donors (Lipinski definition) is 2. The number of carbonyl (C=O) groups excluding carboxylic acids is 1. The van der Waals surface area contributed by atoms with Gasteiger partial charge in [0.05, 0.1) is 16.9 Å². The van der Waals surface area contributed by atoms with Crippen LogP contribution in [-0.2, 0) is 0 Å². The predicted octanol–water partition coefficient (Wildman–Crippen LogP) is 3.19. The van der Waals surface area contributed by atoms with E-state index in [1.807, 2.05) is 0 Å². The number of anilines is 1. The van der Waals surface area contributed by atoms with Crippen molar-refractivity contribution in [2.24, 2.45) is 5.92 Å². The second kappa shape index (κ2) is 4.43. The van der Waals surface area contributed by atoms with Crippen LogP contribution in [-0.4, -0.2) is 16.6 Å². The lowest BCUT2D eigenvalue weighted by Crippen LogP contribution is -2.46. The quantitative estimate of drug-likeness (QED) is 0.863. The first-order valence-electron chi connectivity index (χ1n) is 6.35. The van der Waals surface area contributed by atoms with Crippen LogP contribution in [0.3, 0.4) is 0 Å². The van der Waals surface area contributed by atoms with Crippen molar-refractivity contribution >= 4 is 23.3 Å². The first kappa shape index (κ1) is 11.8.